The highest BCUT2D eigenvalue weighted by Crippen LogP contribution is 2.75. The number of fused-ring (bicyclic) bond motifs is 7. The zero-order valence-corrected chi connectivity index (χ0v) is 27.2. The van der Waals surface area contributed by atoms with Gasteiger partial charge in [0, 0.05) is 13.6 Å². The van der Waals surface area contributed by atoms with Crippen molar-refractivity contribution < 1.29 is 19.8 Å². The van der Waals surface area contributed by atoms with Crippen LogP contribution in [-0.4, -0.2) is 59.8 Å². The first kappa shape index (κ1) is 31.0. The molecule has 0 spiro atoms. The number of hydrogen-bond acceptors (Lipinski definition) is 4. The Hall–Kier alpha value is -1.40. The van der Waals surface area contributed by atoms with Crippen molar-refractivity contribution >= 4 is 11.8 Å². The van der Waals surface area contributed by atoms with Crippen LogP contribution in [0.1, 0.15) is 106 Å². The van der Waals surface area contributed by atoms with Crippen LogP contribution in [0.25, 0.3) is 0 Å². The number of rotatable bonds is 5. The summed E-state index contributed by atoms with van der Waals surface area (Å²) in [4.78, 5) is 28.3. The van der Waals surface area contributed by atoms with E-state index in [2.05, 4.69) is 59.9 Å². The Morgan fingerprint density at radius 2 is 1.68 bits per heavy atom. The quantitative estimate of drug-likeness (QED) is 0.377. The molecule has 4 saturated carbocycles. The molecule has 4 fully saturated rings. The lowest BCUT2D eigenvalue weighted by molar-refractivity contribution is -0.204. The Morgan fingerprint density at radius 1 is 0.976 bits per heavy atom. The van der Waals surface area contributed by atoms with Gasteiger partial charge in [-0.15, -0.1) is 0 Å². The van der Waals surface area contributed by atoms with Crippen LogP contribution >= 0.6 is 0 Å². The second kappa shape index (κ2) is 10.4. The fourth-order valence-corrected chi connectivity index (χ4v) is 11.6. The number of likely N-dealkylation sites (N-methyl/N-ethyl adjacent to an activating group) is 1. The molecule has 6 nitrogen and oxygen atoms in total. The summed E-state index contributed by atoms with van der Waals surface area (Å²) in [7, 11) is 1.68. The first-order valence-corrected chi connectivity index (χ1v) is 16.6. The monoisotopic (exact) mass is 570 g/mol. The minimum atomic E-state index is -0.464. The van der Waals surface area contributed by atoms with E-state index < -0.39 is 5.41 Å². The van der Waals surface area contributed by atoms with E-state index in [9.17, 15) is 19.8 Å². The van der Waals surface area contributed by atoms with E-state index in [4.69, 9.17) is 0 Å². The normalized spacial score (nSPS) is 46.6. The van der Waals surface area contributed by atoms with E-state index in [1.54, 1.807) is 7.05 Å². The van der Waals surface area contributed by atoms with Gasteiger partial charge in [0.15, 0.2) is 0 Å². The smallest absolute Gasteiger partial charge is 0.241 e. The van der Waals surface area contributed by atoms with Crippen molar-refractivity contribution in [1.82, 2.24) is 10.2 Å². The van der Waals surface area contributed by atoms with E-state index >= 15 is 0 Å². The molecule has 0 saturated heterocycles. The standard InChI is InChI=1S/C35H58N2O4/c1-22-11-16-35(30(41)36-21-28(40)37(8)19-20-38)18-17-33(6)24(29(35)23(22)2)9-10-26-32(5)14-13-27(39)31(3,4)25(32)12-15-34(26,33)7/h9,22-23,25-27,29,38-39H,10-21H2,1-8H3,(H,36,41). The van der Waals surface area contributed by atoms with E-state index in [-0.39, 0.29) is 65.2 Å². The van der Waals surface area contributed by atoms with Gasteiger partial charge in [-0.3, -0.25) is 9.59 Å². The number of amides is 2. The topological polar surface area (TPSA) is 89.9 Å². The molecule has 5 aliphatic rings. The molecule has 0 radical (unpaired) electrons. The lowest BCUT2D eigenvalue weighted by Gasteiger charge is -2.71. The largest absolute Gasteiger partial charge is 0.395 e. The molecule has 3 N–H and O–H groups in total. The molecule has 41 heavy (non-hydrogen) atoms. The van der Waals surface area contributed by atoms with Gasteiger partial charge in [0.05, 0.1) is 24.7 Å². The Balaban J connectivity index is 1.50. The van der Waals surface area contributed by atoms with Crippen molar-refractivity contribution in [2.75, 3.05) is 26.7 Å². The second-order valence-electron chi connectivity index (χ2n) is 16.4. The summed E-state index contributed by atoms with van der Waals surface area (Å²) in [6.07, 6.45) is 11.6. The lowest BCUT2D eigenvalue weighted by atomic mass is 9.33. The van der Waals surface area contributed by atoms with Crippen LogP contribution in [0.5, 0.6) is 0 Å². The van der Waals surface area contributed by atoms with Crippen LogP contribution < -0.4 is 5.32 Å². The summed E-state index contributed by atoms with van der Waals surface area (Å²) in [5.41, 5.74) is 1.42. The van der Waals surface area contributed by atoms with E-state index in [0.717, 1.165) is 44.9 Å². The summed E-state index contributed by atoms with van der Waals surface area (Å²) < 4.78 is 0. The van der Waals surface area contributed by atoms with Crippen LogP contribution in [0, 0.1) is 56.7 Å². The van der Waals surface area contributed by atoms with Gasteiger partial charge in [-0.1, -0.05) is 60.1 Å². The molecule has 0 aliphatic heterocycles. The minimum Gasteiger partial charge on any atom is -0.395 e. The highest BCUT2D eigenvalue weighted by Gasteiger charge is 2.69. The number of aliphatic hydroxyl groups excluding tert-OH is 2. The number of nitrogens with zero attached hydrogens (tertiary/aromatic N) is 1. The third kappa shape index (κ3) is 4.30. The van der Waals surface area contributed by atoms with Gasteiger partial charge >= 0.3 is 0 Å². The molecule has 5 rings (SSSR count). The first-order chi connectivity index (χ1) is 19.1. The maximum absolute atomic E-state index is 14.2. The van der Waals surface area contributed by atoms with Gasteiger partial charge in [-0.2, -0.15) is 0 Å². The molecule has 232 valence electrons. The highest BCUT2D eigenvalue weighted by molar-refractivity contribution is 5.88. The van der Waals surface area contributed by atoms with Crippen LogP contribution in [0.4, 0.5) is 0 Å². The Kier molecular flexibility index (Phi) is 7.84. The Labute approximate surface area is 249 Å². The number of carbonyl (C=O) groups excluding carboxylic acids is 2. The summed E-state index contributed by atoms with van der Waals surface area (Å²) >= 11 is 0. The molecule has 0 bridgehead atoms. The van der Waals surface area contributed by atoms with Gasteiger partial charge in [-0.05, 0) is 109 Å². The molecule has 10 unspecified atom stereocenters. The van der Waals surface area contributed by atoms with Gasteiger partial charge < -0.3 is 20.4 Å². The molecular formula is C35H58N2O4. The van der Waals surface area contributed by atoms with Crippen molar-refractivity contribution in [3.63, 3.8) is 0 Å². The van der Waals surface area contributed by atoms with Gasteiger partial charge in [0.1, 0.15) is 0 Å². The predicted molar refractivity (Wildman–Crippen MR) is 163 cm³/mol. The van der Waals surface area contributed by atoms with Crippen molar-refractivity contribution in [3.8, 4) is 0 Å². The number of nitrogens with one attached hydrogen (secondary N) is 1. The Bertz CT molecular complexity index is 1090. The van der Waals surface area contributed by atoms with E-state index in [0.29, 0.717) is 23.7 Å². The maximum Gasteiger partial charge on any atom is 0.241 e. The zero-order chi connectivity index (χ0) is 30.2. The van der Waals surface area contributed by atoms with Crippen molar-refractivity contribution in [3.05, 3.63) is 11.6 Å². The van der Waals surface area contributed by atoms with Crippen LogP contribution in [-0.2, 0) is 9.59 Å². The Morgan fingerprint density at radius 3 is 2.37 bits per heavy atom. The molecule has 2 amide bonds. The maximum atomic E-state index is 14.2. The number of carbonyl (C=O) groups is 2. The molecular weight excluding hydrogens is 512 g/mol. The van der Waals surface area contributed by atoms with Gasteiger partial charge in [-0.25, -0.2) is 0 Å². The average Bonchev–Trinajstić information content (AvgIpc) is 2.92. The molecule has 0 aromatic rings. The van der Waals surface area contributed by atoms with Crippen molar-refractivity contribution in [2.24, 2.45) is 56.7 Å². The fraction of sp³-hybridized carbons (Fsp3) is 0.886. The number of allylic oxidation sites excluding steroid dienone is 2. The highest BCUT2D eigenvalue weighted by atomic mass is 16.3. The first-order valence-electron chi connectivity index (χ1n) is 16.6. The van der Waals surface area contributed by atoms with E-state index in [1.165, 1.54) is 23.3 Å². The number of hydrogen-bond donors (Lipinski definition) is 3. The summed E-state index contributed by atoms with van der Waals surface area (Å²) in [5, 5.41) is 23.3. The summed E-state index contributed by atoms with van der Waals surface area (Å²) in [5.74, 6) is 2.16. The molecule has 0 aromatic carbocycles. The van der Waals surface area contributed by atoms with Crippen LogP contribution in [0.3, 0.4) is 0 Å². The van der Waals surface area contributed by atoms with Gasteiger partial charge in [0.25, 0.3) is 0 Å². The predicted octanol–water partition coefficient (Wildman–Crippen LogP) is 5.57. The fourth-order valence-electron chi connectivity index (χ4n) is 11.6. The van der Waals surface area contributed by atoms with Crippen LogP contribution in [0.15, 0.2) is 11.6 Å². The number of aliphatic hydroxyl groups is 2. The third-order valence-corrected chi connectivity index (χ3v) is 14.7. The average molecular weight is 571 g/mol. The molecule has 0 heterocycles. The van der Waals surface area contributed by atoms with E-state index in [1.807, 2.05) is 0 Å². The SMILES string of the molecule is CC1CCC2(C(=O)NCC(=O)N(C)CCO)CCC3(C)C(=CCC4C5(C)CCC(O)C(C)(C)C5CCC43C)C2C1C. The molecule has 0 aromatic heterocycles. The summed E-state index contributed by atoms with van der Waals surface area (Å²) in [6.45, 7) is 17.2. The molecule has 5 aliphatic carbocycles. The molecule has 6 heteroatoms. The molecule has 10 atom stereocenters. The second-order valence-corrected chi connectivity index (χ2v) is 16.4. The zero-order valence-electron chi connectivity index (χ0n) is 27.2. The minimum absolute atomic E-state index is 0.00871. The van der Waals surface area contributed by atoms with Crippen molar-refractivity contribution in [1.29, 1.82) is 0 Å². The summed E-state index contributed by atoms with van der Waals surface area (Å²) in [6, 6.07) is 0. The third-order valence-electron chi connectivity index (χ3n) is 14.7. The van der Waals surface area contributed by atoms with Crippen LogP contribution in [0.2, 0.25) is 0 Å². The van der Waals surface area contributed by atoms with Crippen molar-refractivity contribution in [2.45, 2.75) is 112 Å². The van der Waals surface area contributed by atoms with Gasteiger partial charge in [0.2, 0.25) is 11.8 Å². The lowest BCUT2D eigenvalue weighted by Crippen LogP contribution is -2.66.